The Bertz CT molecular complexity index is 1360. The van der Waals surface area contributed by atoms with Crippen molar-refractivity contribution >= 4 is 33.0 Å². The minimum Gasteiger partial charge on any atom is -0.354 e. The van der Waals surface area contributed by atoms with Crippen molar-refractivity contribution in [3.8, 4) is 0 Å². The third-order valence-electron chi connectivity index (χ3n) is 5.89. The van der Waals surface area contributed by atoms with Crippen molar-refractivity contribution < 1.29 is 35.8 Å². The number of aromatic nitrogens is 2. The Morgan fingerprint density at radius 3 is 2.53 bits per heavy atom. The van der Waals surface area contributed by atoms with Crippen molar-refractivity contribution in [2.24, 2.45) is 10.1 Å². The highest BCUT2D eigenvalue weighted by atomic mass is 32.2. The highest BCUT2D eigenvalue weighted by Gasteiger charge is 2.39. The zero-order valence-corrected chi connectivity index (χ0v) is 21.6. The fourth-order valence-corrected chi connectivity index (χ4v) is 5.15. The molecule has 2 amide bonds. The molecule has 0 bridgehead atoms. The highest BCUT2D eigenvalue weighted by Crippen LogP contribution is 2.36. The van der Waals surface area contributed by atoms with E-state index in [0.29, 0.717) is 0 Å². The van der Waals surface area contributed by atoms with Gasteiger partial charge in [-0.15, -0.1) is 10.2 Å². The predicted octanol–water partition coefficient (Wildman–Crippen LogP) is 4.01. The summed E-state index contributed by atoms with van der Waals surface area (Å²) >= 11 is 0. The quantitative estimate of drug-likeness (QED) is 0.527. The van der Waals surface area contributed by atoms with E-state index in [0.717, 1.165) is 6.92 Å². The van der Waals surface area contributed by atoms with Crippen LogP contribution in [0.1, 0.15) is 47.8 Å². The van der Waals surface area contributed by atoms with Crippen molar-refractivity contribution in [2.45, 2.75) is 56.1 Å². The summed E-state index contributed by atoms with van der Waals surface area (Å²) in [7, 11) is -3.26. The Labute approximate surface area is 216 Å². The van der Waals surface area contributed by atoms with Gasteiger partial charge in [-0.2, -0.15) is 17.5 Å². The Morgan fingerprint density at radius 1 is 1.21 bits per heavy atom. The van der Waals surface area contributed by atoms with E-state index >= 15 is 0 Å². The molecule has 1 aliphatic heterocycles. The number of amides is 2. The molecule has 0 spiro atoms. The first-order valence-corrected chi connectivity index (χ1v) is 13.4. The van der Waals surface area contributed by atoms with Crippen LogP contribution >= 0.6 is 0 Å². The van der Waals surface area contributed by atoms with Crippen molar-refractivity contribution in [3.05, 3.63) is 41.1 Å². The predicted molar refractivity (Wildman–Crippen MR) is 131 cm³/mol. The molecule has 38 heavy (non-hydrogen) atoms. The van der Waals surface area contributed by atoms with Gasteiger partial charge in [0.2, 0.25) is 5.92 Å². The second-order valence-corrected chi connectivity index (χ2v) is 11.3. The standard InChI is InChI=1S/C23H27F5N6O3S/c1-13-17(19(32-31-18(13)23(26,27)28)34-10-5-8-22(24,25)9-11-34)21(36)30-15-6-4-7-16(12-15)38(3,37)33-20(35)14(2)29/h4,6-7,12,14H,5,8-11,29H2,1-3H3,(H,30,36). The minimum absolute atomic E-state index is 0.0341. The summed E-state index contributed by atoms with van der Waals surface area (Å²) in [5.74, 6) is -5.00. The first kappa shape index (κ1) is 29.4. The molecule has 0 radical (unpaired) electrons. The number of halogens is 5. The Hall–Kier alpha value is -3.20. The fraction of sp³-hybridized carbons (Fsp3) is 0.478. The molecule has 2 atom stereocenters. The minimum atomic E-state index is -4.92. The summed E-state index contributed by atoms with van der Waals surface area (Å²) in [5.41, 5.74) is 3.14. The number of nitrogens with zero attached hydrogens (tertiary/aromatic N) is 4. The van der Waals surface area contributed by atoms with Gasteiger partial charge >= 0.3 is 6.18 Å². The largest absolute Gasteiger partial charge is 0.435 e. The maximum atomic E-state index is 13.9. The number of alkyl halides is 5. The monoisotopic (exact) mass is 562 g/mol. The summed E-state index contributed by atoms with van der Waals surface area (Å²) in [6.45, 7) is 2.23. The van der Waals surface area contributed by atoms with E-state index in [9.17, 15) is 35.8 Å². The average Bonchev–Trinajstić information content (AvgIpc) is 2.98. The van der Waals surface area contributed by atoms with Gasteiger partial charge in [-0.1, -0.05) is 6.07 Å². The topological polar surface area (TPSA) is 131 Å². The van der Waals surface area contributed by atoms with Crippen molar-refractivity contribution in [2.75, 3.05) is 29.6 Å². The molecule has 1 aromatic heterocycles. The van der Waals surface area contributed by atoms with Crippen LogP contribution in [0.5, 0.6) is 0 Å². The maximum absolute atomic E-state index is 13.9. The molecule has 9 nitrogen and oxygen atoms in total. The van der Waals surface area contributed by atoms with Crippen LogP contribution in [0.4, 0.5) is 33.5 Å². The molecule has 1 aromatic carbocycles. The summed E-state index contributed by atoms with van der Waals surface area (Å²) in [5, 5.41) is 9.33. The van der Waals surface area contributed by atoms with Gasteiger partial charge in [0.15, 0.2) is 11.5 Å². The summed E-state index contributed by atoms with van der Waals surface area (Å²) < 4.78 is 85.2. The second kappa shape index (κ2) is 10.9. The van der Waals surface area contributed by atoms with E-state index in [-0.39, 0.29) is 35.9 Å². The lowest BCUT2D eigenvalue weighted by Gasteiger charge is -2.25. The molecule has 3 rings (SSSR count). The molecule has 208 valence electrons. The van der Waals surface area contributed by atoms with Gasteiger partial charge in [0.05, 0.1) is 21.3 Å². The van der Waals surface area contributed by atoms with Crippen molar-refractivity contribution in [3.63, 3.8) is 0 Å². The van der Waals surface area contributed by atoms with E-state index in [1.807, 2.05) is 0 Å². The lowest BCUT2D eigenvalue weighted by atomic mass is 10.1. The van der Waals surface area contributed by atoms with Crippen LogP contribution in [0.25, 0.3) is 0 Å². The zero-order valence-electron chi connectivity index (χ0n) is 20.8. The Balaban J connectivity index is 2.03. The van der Waals surface area contributed by atoms with Crippen molar-refractivity contribution in [1.82, 2.24) is 10.2 Å². The van der Waals surface area contributed by atoms with Crippen molar-refractivity contribution in [1.29, 1.82) is 0 Å². The molecular weight excluding hydrogens is 535 g/mol. The van der Waals surface area contributed by atoms with Gasteiger partial charge in [0.25, 0.3) is 11.8 Å². The van der Waals surface area contributed by atoms with Gasteiger partial charge in [0.1, 0.15) is 0 Å². The molecule has 15 heteroatoms. The van der Waals surface area contributed by atoms with Gasteiger partial charge in [-0.05, 0) is 44.0 Å². The number of carbonyl (C=O) groups excluding carboxylic acids is 2. The number of anilines is 2. The van der Waals surface area contributed by atoms with Gasteiger partial charge in [-0.25, -0.2) is 13.0 Å². The lowest BCUT2D eigenvalue weighted by Crippen LogP contribution is -2.31. The molecular formula is C23H27F5N6O3S. The first-order chi connectivity index (χ1) is 17.5. The van der Waals surface area contributed by atoms with E-state index in [4.69, 9.17) is 5.73 Å². The maximum Gasteiger partial charge on any atom is 0.435 e. The van der Waals surface area contributed by atoms with Gasteiger partial charge in [-0.3, -0.25) is 9.59 Å². The molecule has 0 aliphatic carbocycles. The summed E-state index contributed by atoms with van der Waals surface area (Å²) in [6.07, 6.45) is -4.65. The average molecular weight is 563 g/mol. The number of nitrogens with one attached hydrogen (secondary N) is 1. The molecule has 2 aromatic rings. The Kier molecular flexibility index (Phi) is 8.41. The number of hydrogen-bond donors (Lipinski definition) is 2. The number of rotatable bonds is 5. The van der Waals surface area contributed by atoms with Crippen LogP contribution in [-0.4, -0.2) is 57.5 Å². The SMILES string of the molecule is Cc1c(C(F)(F)F)nnc(N2CCCC(F)(F)CC2)c1C(=O)Nc1cccc(S(C)(=O)=NC(=O)C(C)N)c1. The third-order valence-corrected chi connectivity index (χ3v) is 7.55. The number of nitrogens with two attached hydrogens (primary N) is 1. The number of carbonyl (C=O) groups is 2. The molecule has 1 fully saturated rings. The van der Waals surface area contributed by atoms with E-state index in [1.165, 1.54) is 42.3 Å². The van der Waals surface area contributed by atoms with Crippen LogP contribution in [0.15, 0.2) is 33.5 Å². The summed E-state index contributed by atoms with van der Waals surface area (Å²) in [6, 6.07) is 4.49. The van der Waals surface area contributed by atoms with E-state index < -0.39 is 69.3 Å². The van der Waals surface area contributed by atoms with Crippen LogP contribution in [0, 0.1) is 6.92 Å². The van der Waals surface area contributed by atoms with E-state index in [1.54, 1.807) is 0 Å². The molecule has 0 saturated carbocycles. The third kappa shape index (κ3) is 6.81. The first-order valence-electron chi connectivity index (χ1n) is 11.5. The molecule has 1 aliphatic rings. The normalized spacial score (nSPS) is 18.2. The smallest absolute Gasteiger partial charge is 0.354 e. The van der Waals surface area contributed by atoms with Gasteiger partial charge < -0.3 is 16.0 Å². The second-order valence-electron chi connectivity index (χ2n) is 9.07. The highest BCUT2D eigenvalue weighted by molar-refractivity contribution is 7.93. The Morgan fingerprint density at radius 2 is 1.89 bits per heavy atom. The molecule has 2 heterocycles. The molecule has 1 saturated heterocycles. The fourth-order valence-electron chi connectivity index (χ4n) is 3.86. The zero-order chi connectivity index (χ0) is 28.5. The van der Waals surface area contributed by atoms with Gasteiger partial charge in [0, 0.05) is 42.8 Å². The lowest BCUT2D eigenvalue weighted by molar-refractivity contribution is -0.142. The van der Waals surface area contributed by atoms with E-state index in [2.05, 4.69) is 19.9 Å². The van der Waals surface area contributed by atoms with Crippen LogP contribution in [-0.2, 0) is 20.7 Å². The van der Waals surface area contributed by atoms with Crippen LogP contribution < -0.4 is 16.0 Å². The summed E-state index contributed by atoms with van der Waals surface area (Å²) in [4.78, 5) is 26.6. The molecule has 3 N–H and O–H groups in total. The van der Waals surface area contributed by atoms with Crippen LogP contribution in [0.3, 0.4) is 0 Å². The number of benzene rings is 1. The molecule has 2 unspecified atom stereocenters. The van der Waals surface area contributed by atoms with Crippen LogP contribution in [0.2, 0.25) is 0 Å². The number of hydrogen-bond acceptors (Lipinski definition) is 7.